The van der Waals surface area contributed by atoms with Gasteiger partial charge in [0.25, 0.3) is 5.91 Å². The molecule has 0 unspecified atom stereocenters. The van der Waals surface area contributed by atoms with Gasteiger partial charge >= 0.3 is 0 Å². The van der Waals surface area contributed by atoms with Crippen molar-refractivity contribution < 1.29 is 9.90 Å². The number of hydrogen-bond acceptors (Lipinski definition) is 2. The Bertz CT molecular complexity index is 421. The summed E-state index contributed by atoms with van der Waals surface area (Å²) in [6.07, 6.45) is 1.60. The Kier molecular flexibility index (Phi) is 5.48. The molecule has 0 heterocycles. The van der Waals surface area contributed by atoms with E-state index in [9.17, 15) is 4.79 Å². The first-order valence-corrected chi connectivity index (χ1v) is 5.81. The van der Waals surface area contributed by atoms with Crippen LogP contribution in [0.5, 0.6) is 0 Å². The highest BCUT2D eigenvalue weighted by Crippen LogP contribution is 2.23. The second-order valence-electron chi connectivity index (χ2n) is 3.39. The maximum atomic E-state index is 12.1. The monoisotopic (exact) mass is 273 g/mol. The lowest BCUT2D eigenvalue weighted by Crippen LogP contribution is -2.33. The highest BCUT2D eigenvalue weighted by atomic mass is 35.5. The number of carbonyl (C=O) groups excluding carboxylic acids is 1. The Morgan fingerprint density at radius 3 is 2.65 bits per heavy atom. The number of aliphatic hydroxyl groups is 1. The fourth-order valence-corrected chi connectivity index (χ4v) is 1.66. The summed E-state index contributed by atoms with van der Waals surface area (Å²) in [5.74, 6) is -0.211. The summed E-state index contributed by atoms with van der Waals surface area (Å²) < 4.78 is 0. The third kappa shape index (κ3) is 3.73. The van der Waals surface area contributed by atoms with E-state index in [0.29, 0.717) is 22.2 Å². The van der Waals surface area contributed by atoms with Crippen molar-refractivity contribution in [1.82, 2.24) is 4.90 Å². The number of aliphatic hydroxyl groups excluding tert-OH is 1. The van der Waals surface area contributed by atoms with E-state index in [-0.39, 0.29) is 19.1 Å². The van der Waals surface area contributed by atoms with Crippen LogP contribution in [-0.2, 0) is 0 Å². The maximum absolute atomic E-state index is 12.1. The zero-order chi connectivity index (χ0) is 12.8. The molecule has 3 nitrogen and oxygen atoms in total. The summed E-state index contributed by atoms with van der Waals surface area (Å²) in [5.41, 5.74) is 0.440. The number of benzene rings is 1. The van der Waals surface area contributed by atoms with E-state index in [2.05, 4.69) is 6.58 Å². The number of carbonyl (C=O) groups is 1. The molecule has 92 valence electrons. The standard InChI is InChI=1S/C12H13Cl2NO2/c1-2-5-15(6-7-16)12(17)9-3-4-10(13)11(14)8-9/h2-4,8,16H,1,5-7H2. The highest BCUT2D eigenvalue weighted by Gasteiger charge is 2.14. The Labute approximate surface area is 110 Å². The van der Waals surface area contributed by atoms with Crippen molar-refractivity contribution in [2.45, 2.75) is 0 Å². The van der Waals surface area contributed by atoms with Crippen LogP contribution in [0.15, 0.2) is 30.9 Å². The van der Waals surface area contributed by atoms with E-state index in [0.717, 1.165) is 0 Å². The molecule has 0 bridgehead atoms. The topological polar surface area (TPSA) is 40.5 Å². The third-order valence-corrected chi connectivity index (χ3v) is 2.91. The Morgan fingerprint density at radius 1 is 1.41 bits per heavy atom. The van der Waals surface area contributed by atoms with Gasteiger partial charge in [-0.05, 0) is 18.2 Å². The van der Waals surface area contributed by atoms with Crippen LogP contribution in [0, 0.1) is 0 Å². The number of nitrogens with zero attached hydrogens (tertiary/aromatic N) is 1. The molecule has 1 aromatic carbocycles. The second-order valence-corrected chi connectivity index (χ2v) is 4.21. The van der Waals surface area contributed by atoms with Crippen molar-refractivity contribution in [2.75, 3.05) is 19.7 Å². The van der Waals surface area contributed by atoms with Crippen molar-refractivity contribution in [2.24, 2.45) is 0 Å². The van der Waals surface area contributed by atoms with E-state index >= 15 is 0 Å². The van der Waals surface area contributed by atoms with Crippen molar-refractivity contribution in [3.8, 4) is 0 Å². The quantitative estimate of drug-likeness (QED) is 0.838. The summed E-state index contributed by atoms with van der Waals surface area (Å²) in [6, 6.07) is 4.69. The van der Waals surface area contributed by atoms with Gasteiger partial charge in [0.2, 0.25) is 0 Å². The second kappa shape index (κ2) is 6.64. The fraction of sp³-hybridized carbons (Fsp3) is 0.250. The van der Waals surface area contributed by atoms with Crippen molar-refractivity contribution >= 4 is 29.1 Å². The maximum Gasteiger partial charge on any atom is 0.254 e. The molecular weight excluding hydrogens is 261 g/mol. The largest absolute Gasteiger partial charge is 0.395 e. The van der Waals surface area contributed by atoms with Gasteiger partial charge in [0.15, 0.2) is 0 Å². The smallest absolute Gasteiger partial charge is 0.254 e. The molecule has 1 aromatic rings. The number of hydrogen-bond donors (Lipinski definition) is 1. The molecule has 1 amide bonds. The average Bonchev–Trinajstić information content (AvgIpc) is 2.31. The molecular formula is C12H13Cl2NO2. The van der Waals surface area contributed by atoms with Crippen LogP contribution >= 0.6 is 23.2 Å². The van der Waals surface area contributed by atoms with E-state index in [1.807, 2.05) is 0 Å². The SMILES string of the molecule is C=CCN(CCO)C(=O)c1ccc(Cl)c(Cl)c1. The molecule has 0 aliphatic heterocycles. The summed E-state index contributed by atoms with van der Waals surface area (Å²) in [5, 5.41) is 9.62. The lowest BCUT2D eigenvalue weighted by molar-refractivity contribution is 0.0743. The van der Waals surface area contributed by atoms with Crippen LogP contribution < -0.4 is 0 Å². The van der Waals surface area contributed by atoms with Crippen LogP contribution in [0.1, 0.15) is 10.4 Å². The Hall–Kier alpha value is -1.03. The van der Waals surface area contributed by atoms with Gasteiger partial charge in [0.05, 0.1) is 16.7 Å². The molecule has 0 aliphatic rings. The average molecular weight is 274 g/mol. The summed E-state index contributed by atoms with van der Waals surface area (Å²) in [6.45, 7) is 4.10. The molecule has 0 aliphatic carbocycles. The lowest BCUT2D eigenvalue weighted by atomic mass is 10.2. The minimum Gasteiger partial charge on any atom is -0.395 e. The van der Waals surface area contributed by atoms with Crippen LogP contribution in [0.4, 0.5) is 0 Å². The predicted molar refractivity (Wildman–Crippen MR) is 69.6 cm³/mol. The van der Waals surface area contributed by atoms with Gasteiger partial charge in [0, 0.05) is 18.7 Å². The van der Waals surface area contributed by atoms with Gasteiger partial charge in [-0.2, -0.15) is 0 Å². The van der Waals surface area contributed by atoms with E-state index < -0.39 is 0 Å². The van der Waals surface area contributed by atoms with E-state index in [4.69, 9.17) is 28.3 Å². The summed E-state index contributed by atoms with van der Waals surface area (Å²) in [7, 11) is 0. The van der Waals surface area contributed by atoms with Crippen LogP contribution in [0.2, 0.25) is 10.0 Å². The molecule has 17 heavy (non-hydrogen) atoms. The lowest BCUT2D eigenvalue weighted by Gasteiger charge is -2.20. The molecule has 0 saturated carbocycles. The fourth-order valence-electron chi connectivity index (χ4n) is 1.36. The highest BCUT2D eigenvalue weighted by molar-refractivity contribution is 6.42. The molecule has 0 spiro atoms. The van der Waals surface area contributed by atoms with Gasteiger partial charge in [-0.1, -0.05) is 29.3 Å². The van der Waals surface area contributed by atoms with Crippen LogP contribution in [0.25, 0.3) is 0 Å². The zero-order valence-electron chi connectivity index (χ0n) is 9.20. The predicted octanol–water partition coefficient (Wildman–Crippen LogP) is 2.61. The minimum absolute atomic E-state index is 0.0963. The van der Waals surface area contributed by atoms with E-state index in [1.165, 1.54) is 11.0 Å². The van der Waals surface area contributed by atoms with Crippen molar-refractivity contribution in [3.63, 3.8) is 0 Å². The van der Waals surface area contributed by atoms with Crippen LogP contribution in [-0.4, -0.2) is 35.6 Å². The number of rotatable bonds is 5. The zero-order valence-corrected chi connectivity index (χ0v) is 10.7. The van der Waals surface area contributed by atoms with Gasteiger partial charge in [-0.25, -0.2) is 0 Å². The van der Waals surface area contributed by atoms with Crippen molar-refractivity contribution in [1.29, 1.82) is 0 Å². The minimum atomic E-state index is -0.211. The number of amides is 1. The first kappa shape index (κ1) is 14.0. The molecule has 0 fully saturated rings. The molecule has 5 heteroatoms. The normalized spacial score (nSPS) is 10.1. The first-order valence-electron chi connectivity index (χ1n) is 5.06. The summed E-state index contributed by atoms with van der Waals surface area (Å²) in [4.78, 5) is 13.5. The molecule has 0 radical (unpaired) electrons. The molecule has 0 aromatic heterocycles. The van der Waals surface area contributed by atoms with Crippen LogP contribution in [0.3, 0.4) is 0 Å². The summed E-state index contributed by atoms with van der Waals surface area (Å²) >= 11 is 11.6. The van der Waals surface area contributed by atoms with E-state index in [1.54, 1.807) is 18.2 Å². The van der Waals surface area contributed by atoms with Crippen molar-refractivity contribution in [3.05, 3.63) is 46.5 Å². The van der Waals surface area contributed by atoms with Gasteiger partial charge in [0.1, 0.15) is 0 Å². The molecule has 1 rings (SSSR count). The van der Waals surface area contributed by atoms with Gasteiger partial charge in [-0.3, -0.25) is 4.79 Å². The Balaban J connectivity index is 2.92. The first-order chi connectivity index (χ1) is 8.10. The molecule has 1 N–H and O–H groups in total. The van der Waals surface area contributed by atoms with Gasteiger partial charge < -0.3 is 10.0 Å². The Morgan fingerprint density at radius 2 is 2.12 bits per heavy atom. The molecule has 0 saturated heterocycles. The number of halogens is 2. The third-order valence-electron chi connectivity index (χ3n) is 2.17. The molecule has 0 atom stereocenters. The van der Waals surface area contributed by atoms with Gasteiger partial charge in [-0.15, -0.1) is 6.58 Å².